The molecule has 1 aliphatic heterocycles. The van der Waals surface area contributed by atoms with Gasteiger partial charge in [-0.3, -0.25) is 4.79 Å². The van der Waals surface area contributed by atoms with E-state index in [0.717, 1.165) is 43.5 Å². The predicted octanol–water partition coefficient (Wildman–Crippen LogP) is 0.845. The molecule has 0 radical (unpaired) electrons. The summed E-state index contributed by atoms with van der Waals surface area (Å²) < 4.78 is 27.4. The number of aromatic hydroxyl groups is 7. The summed E-state index contributed by atoms with van der Waals surface area (Å²) in [5, 5.41) is 90.9. The van der Waals surface area contributed by atoms with Crippen LogP contribution in [0.2, 0.25) is 0 Å². The number of phenolic OH excluding ortho intramolecular Hbond substituents is 7. The first-order valence-electron chi connectivity index (χ1n) is 12.5. The molecule has 1 fully saturated rings. The van der Waals surface area contributed by atoms with Gasteiger partial charge in [-0.25, -0.2) is 4.79 Å². The summed E-state index contributed by atoms with van der Waals surface area (Å²) >= 11 is 0. The molecule has 1 aromatic heterocycles. The number of benzene rings is 3. The summed E-state index contributed by atoms with van der Waals surface area (Å²) in [6.07, 6.45) is -9.78. The zero-order valence-corrected chi connectivity index (χ0v) is 22.3. The average Bonchev–Trinajstić information content (AvgIpc) is 2.97. The molecule has 5 atom stereocenters. The minimum Gasteiger partial charge on any atom is -0.508 e. The number of ether oxygens (including phenoxy) is 4. The van der Waals surface area contributed by atoms with Crippen molar-refractivity contribution in [1.82, 2.24) is 0 Å². The van der Waals surface area contributed by atoms with Gasteiger partial charge in [0.2, 0.25) is 23.2 Å². The molecule has 1 aliphatic rings. The number of hydrogen-bond donors (Lipinski definition) is 9. The van der Waals surface area contributed by atoms with Crippen molar-refractivity contribution in [2.75, 3.05) is 7.11 Å². The van der Waals surface area contributed by atoms with Crippen molar-refractivity contribution >= 4 is 16.9 Å². The van der Waals surface area contributed by atoms with E-state index < -0.39 is 105 Å². The molecule has 16 nitrogen and oxygen atoms in total. The van der Waals surface area contributed by atoms with Gasteiger partial charge in [-0.15, -0.1) is 0 Å². The zero-order valence-electron chi connectivity index (χ0n) is 22.3. The lowest BCUT2D eigenvalue weighted by Gasteiger charge is -2.41. The summed E-state index contributed by atoms with van der Waals surface area (Å²) in [5.74, 6) is -7.71. The fourth-order valence-corrected chi connectivity index (χ4v) is 4.52. The maximum atomic E-state index is 13.8. The topological polar surface area (TPSA) is 266 Å². The Balaban J connectivity index is 1.68. The molecule has 0 saturated carbocycles. The van der Waals surface area contributed by atoms with Crippen molar-refractivity contribution in [3.8, 4) is 63.1 Å². The first-order chi connectivity index (χ1) is 20.8. The zero-order chi connectivity index (χ0) is 32.0. The van der Waals surface area contributed by atoms with Crippen LogP contribution in [-0.2, 0) is 14.3 Å². The molecule has 3 aromatic carbocycles. The van der Waals surface area contributed by atoms with Crippen molar-refractivity contribution in [3.05, 3.63) is 52.7 Å². The maximum absolute atomic E-state index is 13.8. The largest absolute Gasteiger partial charge is 0.508 e. The second-order valence-electron chi connectivity index (χ2n) is 9.57. The van der Waals surface area contributed by atoms with Crippen LogP contribution in [0.25, 0.3) is 22.3 Å². The lowest BCUT2D eigenvalue weighted by molar-refractivity contribution is -0.266. The third-order valence-electron chi connectivity index (χ3n) is 6.68. The predicted molar refractivity (Wildman–Crippen MR) is 144 cm³/mol. The van der Waals surface area contributed by atoms with Gasteiger partial charge in [0.25, 0.3) is 0 Å². The van der Waals surface area contributed by atoms with E-state index in [2.05, 4.69) is 4.74 Å². The Kier molecular flexibility index (Phi) is 7.64. The van der Waals surface area contributed by atoms with Gasteiger partial charge in [0.05, 0.1) is 7.11 Å². The summed E-state index contributed by atoms with van der Waals surface area (Å²) in [6, 6.07) is 6.76. The molecule has 5 rings (SSSR count). The summed E-state index contributed by atoms with van der Waals surface area (Å²) in [4.78, 5) is 26.1. The van der Waals surface area contributed by atoms with E-state index >= 15 is 0 Å². The normalized spacial score (nSPS) is 21.6. The lowest BCUT2D eigenvalue weighted by atomic mass is 9.98. The number of rotatable bonds is 6. The molecule has 0 amide bonds. The summed E-state index contributed by atoms with van der Waals surface area (Å²) in [7, 11) is 0.969. The van der Waals surface area contributed by atoms with Crippen LogP contribution >= 0.6 is 0 Å². The van der Waals surface area contributed by atoms with Gasteiger partial charge >= 0.3 is 5.97 Å². The number of methoxy groups -OCH3 is 1. The highest BCUT2D eigenvalue weighted by Gasteiger charge is 2.51. The van der Waals surface area contributed by atoms with Gasteiger partial charge in [-0.1, -0.05) is 0 Å². The molecule has 9 N–H and O–H groups in total. The van der Waals surface area contributed by atoms with Crippen LogP contribution in [0.5, 0.6) is 51.7 Å². The first kappa shape index (κ1) is 29.9. The highest BCUT2D eigenvalue weighted by atomic mass is 16.7. The van der Waals surface area contributed by atoms with E-state index in [0.29, 0.717) is 0 Å². The van der Waals surface area contributed by atoms with Gasteiger partial charge in [0, 0.05) is 29.8 Å². The van der Waals surface area contributed by atoms with Gasteiger partial charge in [-0.2, -0.15) is 0 Å². The quantitative estimate of drug-likeness (QED) is 0.107. The van der Waals surface area contributed by atoms with Crippen LogP contribution in [0, 0.1) is 0 Å². The van der Waals surface area contributed by atoms with Gasteiger partial charge in [0.15, 0.2) is 41.0 Å². The lowest BCUT2D eigenvalue weighted by Crippen LogP contribution is -2.63. The van der Waals surface area contributed by atoms with E-state index in [1.54, 1.807) is 0 Å². The fraction of sp³-hybridized carbons (Fsp3) is 0.214. The van der Waals surface area contributed by atoms with E-state index in [-0.39, 0.29) is 11.1 Å². The van der Waals surface area contributed by atoms with Gasteiger partial charge in [-0.05, 0) is 18.2 Å². The van der Waals surface area contributed by atoms with Gasteiger partial charge < -0.3 is 69.3 Å². The van der Waals surface area contributed by atoms with Crippen molar-refractivity contribution in [3.63, 3.8) is 0 Å². The number of aliphatic hydroxyl groups is 2. The molecular weight excluding hydrogens is 592 g/mol. The molecular formula is C28H24O16. The summed E-state index contributed by atoms with van der Waals surface area (Å²) in [6.45, 7) is 0. The Labute approximate surface area is 245 Å². The maximum Gasteiger partial charge on any atom is 0.337 e. The second kappa shape index (κ2) is 11.3. The number of hydrogen-bond acceptors (Lipinski definition) is 16. The van der Waals surface area contributed by atoms with Crippen LogP contribution in [0.1, 0.15) is 0 Å². The summed E-state index contributed by atoms with van der Waals surface area (Å²) in [5.41, 5.74) is -1.49. The van der Waals surface area contributed by atoms with Crippen LogP contribution in [0.3, 0.4) is 0 Å². The Hall–Kier alpha value is -5.58. The molecule has 0 spiro atoms. The van der Waals surface area contributed by atoms with E-state index in [1.165, 1.54) is 6.07 Å². The fourth-order valence-electron chi connectivity index (χ4n) is 4.52. The van der Waals surface area contributed by atoms with Gasteiger partial charge in [0.1, 0.15) is 40.4 Å². The monoisotopic (exact) mass is 616 g/mol. The number of fused-ring (bicyclic) bond motifs is 1. The minimum absolute atomic E-state index is 0.0797. The highest BCUT2D eigenvalue weighted by molar-refractivity contribution is 5.88. The molecule has 2 heterocycles. The minimum atomic E-state index is -2.03. The Morgan fingerprint density at radius 3 is 2.11 bits per heavy atom. The van der Waals surface area contributed by atoms with Crippen LogP contribution in [0.4, 0.5) is 0 Å². The number of carbonyl (C=O) groups excluding carboxylic acids is 1. The molecule has 0 bridgehead atoms. The Morgan fingerprint density at radius 2 is 1.48 bits per heavy atom. The standard InChI is InChI=1S/C28H24O16/c1-40-27(39)25-21(37)22(38)26(41-11-7-15(33)19(35)16(34)8-11)28(44-25)43-24-20(36)18-14(32)5-10(29)6-17(18)42-23(24)9-2-3-12(30)13(31)4-9/h2-8,21-22,25-26,28-35,37-38H,1H3/t21-,22-,25-,26+,28+/m0/s1. The SMILES string of the molecule is COC(=O)[C@H]1O[C@@H](Oc2c(-c3ccc(O)c(O)c3)oc3cc(O)cc(O)c3c2=O)[C@H](Oc2cc(O)c(O)c(O)c2)[C@@H](O)[C@@H]1O. The molecule has 44 heavy (non-hydrogen) atoms. The number of aliphatic hydroxyl groups excluding tert-OH is 2. The van der Waals surface area contributed by atoms with Crippen LogP contribution < -0.4 is 14.9 Å². The van der Waals surface area contributed by atoms with E-state index in [9.17, 15) is 55.5 Å². The average molecular weight is 616 g/mol. The second-order valence-corrected chi connectivity index (χ2v) is 9.57. The first-order valence-corrected chi connectivity index (χ1v) is 12.5. The van der Waals surface area contributed by atoms with E-state index in [1.807, 2.05) is 0 Å². The van der Waals surface area contributed by atoms with Crippen molar-refractivity contribution in [2.24, 2.45) is 0 Å². The molecule has 1 saturated heterocycles. The third-order valence-corrected chi connectivity index (χ3v) is 6.68. The van der Waals surface area contributed by atoms with Crippen molar-refractivity contribution in [2.45, 2.75) is 30.7 Å². The Bertz CT molecular complexity index is 1790. The van der Waals surface area contributed by atoms with E-state index in [4.69, 9.17) is 18.6 Å². The van der Waals surface area contributed by atoms with Crippen molar-refractivity contribution in [1.29, 1.82) is 0 Å². The molecule has 0 unspecified atom stereocenters. The number of carbonyl (C=O) groups is 1. The molecule has 16 heteroatoms. The smallest absolute Gasteiger partial charge is 0.337 e. The number of phenols is 7. The Morgan fingerprint density at radius 1 is 0.795 bits per heavy atom. The van der Waals surface area contributed by atoms with Crippen LogP contribution in [-0.4, -0.2) is 89.7 Å². The molecule has 4 aromatic rings. The van der Waals surface area contributed by atoms with Crippen molar-refractivity contribution < 1.29 is 74.1 Å². The molecule has 0 aliphatic carbocycles. The molecule has 232 valence electrons. The number of esters is 1. The highest BCUT2D eigenvalue weighted by Crippen LogP contribution is 2.41. The third kappa shape index (κ3) is 5.24. The van der Waals surface area contributed by atoms with Crippen LogP contribution in [0.15, 0.2) is 51.7 Å².